The van der Waals surface area contributed by atoms with E-state index in [1.54, 1.807) is 42.7 Å². The van der Waals surface area contributed by atoms with Crippen molar-refractivity contribution in [2.75, 3.05) is 5.32 Å². The fourth-order valence-corrected chi connectivity index (χ4v) is 2.75. The van der Waals surface area contributed by atoms with Crippen LogP contribution in [0.3, 0.4) is 0 Å². The molecule has 3 rings (SSSR count). The Hall–Kier alpha value is -2.44. The highest BCUT2D eigenvalue weighted by Gasteiger charge is 2.13. The summed E-state index contributed by atoms with van der Waals surface area (Å²) in [6.07, 6.45) is 3.21. The van der Waals surface area contributed by atoms with Crippen LogP contribution >= 0.6 is 27.5 Å². The number of hydrogen-bond acceptors (Lipinski definition) is 3. The van der Waals surface area contributed by atoms with Crippen LogP contribution in [0.5, 0.6) is 11.5 Å². The Kier molecular flexibility index (Phi) is 5.31. The van der Waals surface area contributed by atoms with E-state index in [0.29, 0.717) is 21.7 Å². The summed E-state index contributed by atoms with van der Waals surface area (Å²) in [5.74, 6) is -0.211. The van der Waals surface area contributed by atoms with Crippen LogP contribution in [0.1, 0.15) is 10.4 Å². The molecule has 0 saturated heterocycles. The van der Waals surface area contributed by atoms with Crippen molar-refractivity contribution in [3.8, 4) is 11.5 Å². The number of halogens is 3. The van der Waals surface area contributed by atoms with Crippen molar-refractivity contribution in [2.45, 2.75) is 0 Å². The summed E-state index contributed by atoms with van der Waals surface area (Å²) in [6.45, 7) is 0. The molecule has 1 N–H and O–H groups in total. The Morgan fingerprint density at radius 1 is 1.16 bits per heavy atom. The lowest BCUT2D eigenvalue weighted by Gasteiger charge is -2.10. The zero-order valence-corrected chi connectivity index (χ0v) is 15.0. The predicted molar refractivity (Wildman–Crippen MR) is 97.8 cm³/mol. The molecule has 2 aromatic carbocycles. The average molecular weight is 422 g/mol. The van der Waals surface area contributed by atoms with Gasteiger partial charge in [-0.15, -0.1) is 0 Å². The Morgan fingerprint density at radius 3 is 2.76 bits per heavy atom. The second-order valence-electron chi connectivity index (χ2n) is 5.04. The van der Waals surface area contributed by atoms with Crippen LogP contribution in [-0.4, -0.2) is 10.9 Å². The van der Waals surface area contributed by atoms with E-state index in [2.05, 4.69) is 26.2 Å². The zero-order chi connectivity index (χ0) is 17.8. The summed E-state index contributed by atoms with van der Waals surface area (Å²) in [4.78, 5) is 16.3. The number of carbonyl (C=O) groups is 1. The van der Waals surface area contributed by atoms with Gasteiger partial charge in [0.25, 0.3) is 5.91 Å². The van der Waals surface area contributed by atoms with Gasteiger partial charge in [0.15, 0.2) is 0 Å². The summed E-state index contributed by atoms with van der Waals surface area (Å²) in [5, 5.41) is 2.91. The number of anilines is 1. The van der Waals surface area contributed by atoms with Gasteiger partial charge in [-0.05, 0) is 42.5 Å². The SMILES string of the molecule is O=C(Nc1cc(Br)cc(Oc2cccnc2)c1)c1cc(Cl)ccc1F. The topological polar surface area (TPSA) is 51.2 Å². The minimum absolute atomic E-state index is 0.137. The number of carbonyl (C=O) groups excluding carboxylic acids is 1. The summed E-state index contributed by atoms with van der Waals surface area (Å²) in [7, 11) is 0. The molecular weight excluding hydrogens is 411 g/mol. The van der Waals surface area contributed by atoms with Gasteiger partial charge in [-0.3, -0.25) is 9.78 Å². The summed E-state index contributed by atoms with van der Waals surface area (Å²) in [5.41, 5.74) is 0.305. The quantitative estimate of drug-likeness (QED) is 0.589. The van der Waals surface area contributed by atoms with Gasteiger partial charge in [0.05, 0.1) is 11.8 Å². The second kappa shape index (κ2) is 7.63. The van der Waals surface area contributed by atoms with E-state index in [9.17, 15) is 9.18 Å². The van der Waals surface area contributed by atoms with Crippen molar-refractivity contribution in [2.24, 2.45) is 0 Å². The van der Waals surface area contributed by atoms with Gasteiger partial charge in [0, 0.05) is 27.4 Å². The van der Waals surface area contributed by atoms with Crippen molar-refractivity contribution in [3.63, 3.8) is 0 Å². The first-order valence-electron chi connectivity index (χ1n) is 7.16. The number of nitrogens with one attached hydrogen (secondary N) is 1. The van der Waals surface area contributed by atoms with Crippen molar-refractivity contribution in [1.82, 2.24) is 4.98 Å². The molecule has 1 amide bonds. The maximum Gasteiger partial charge on any atom is 0.258 e. The number of amides is 1. The fraction of sp³-hybridized carbons (Fsp3) is 0. The molecule has 1 heterocycles. The van der Waals surface area contributed by atoms with Gasteiger partial charge < -0.3 is 10.1 Å². The van der Waals surface area contributed by atoms with Crippen molar-refractivity contribution in [3.05, 3.63) is 81.8 Å². The predicted octanol–water partition coefficient (Wildman–Crippen LogP) is 5.68. The van der Waals surface area contributed by atoms with E-state index >= 15 is 0 Å². The van der Waals surface area contributed by atoms with Crippen molar-refractivity contribution < 1.29 is 13.9 Å². The largest absolute Gasteiger partial charge is 0.456 e. The molecule has 126 valence electrons. The lowest BCUT2D eigenvalue weighted by molar-refractivity contribution is 0.102. The highest BCUT2D eigenvalue weighted by atomic mass is 79.9. The highest BCUT2D eigenvalue weighted by molar-refractivity contribution is 9.10. The van der Waals surface area contributed by atoms with Crippen LogP contribution < -0.4 is 10.1 Å². The molecule has 0 spiro atoms. The van der Waals surface area contributed by atoms with Gasteiger partial charge in [-0.2, -0.15) is 0 Å². The van der Waals surface area contributed by atoms with Crippen LogP contribution in [0.2, 0.25) is 5.02 Å². The van der Waals surface area contributed by atoms with Gasteiger partial charge >= 0.3 is 0 Å². The zero-order valence-electron chi connectivity index (χ0n) is 12.7. The molecule has 0 radical (unpaired) electrons. The minimum atomic E-state index is -0.649. The molecule has 7 heteroatoms. The van der Waals surface area contributed by atoms with E-state index in [-0.39, 0.29) is 10.6 Å². The molecule has 0 aliphatic heterocycles. The van der Waals surface area contributed by atoms with Crippen molar-refractivity contribution >= 4 is 39.1 Å². The number of nitrogens with zero attached hydrogens (tertiary/aromatic N) is 1. The molecule has 0 aliphatic carbocycles. The molecule has 0 unspecified atom stereocenters. The van der Waals surface area contributed by atoms with E-state index in [1.807, 2.05) is 0 Å². The number of pyridine rings is 1. The molecule has 1 aromatic heterocycles. The number of aromatic nitrogens is 1. The summed E-state index contributed by atoms with van der Waals surface area (Å²) in [6, 6.07) is 12.3. The molecule has 0 fully saturated rings. The van der Waals surface area contributed by atoms with Crippen LogP contribution in [0, 0.1) is 5.82 Å². The minimum Gasteiger partial charge on any atom is -0.456 e. The van der Waals surface area contributed by atoms with Crippen LogP contribution in [0.4, 0.5) is 10.1 Å². The maximum absolute atomic E-state index is 13.8. The second-order valence-corrected chi connectivity index (χ2v) is 6.40. The normalized spacial score (nSPS) is 10.4. The molecule has 4 nitrogen and oxygen atoms in total. The number of ether oxygens (including phenoxy) is 1. The first-order valence-corrected chi connectivity index (χ1v) is 8.33. The maximum atomic E-state index is 13.8. The molecule has 3 aromatic rings. The Balaban J connectivity index is 1.83. The summed E-state index contributed by atoms with van der Waals surface area (Å²) >= 11 is 9.18. The van der Waals surface area contributed by atoms with Gasteiger partial charge in [0.2, 0.25) is 0 Å². The average Bonchev–Trinajstić information content (AvgIpc) is 2.57. The lowest BCUT2D eigenvalue weighted by atomic mass is 10.2. The monoisotopic (exact) mass is 420 g/mol. The lowest BCUT2D eigenvalue weighted by Crippen LogP contribution is -2.13. The Morgan fingerprint density at radius 2 is 2.00 bits per heavy atom. The molecule has 0 aliphatic rings. The standard InChI is InChI=1S/C18H11BrClFN2O2/c19-11-6-13(9-15(7-11)25-14-2-1-5-22-10-14)23-18(24)16-8-12(20)3-4-17(16)21/h1-10H,(H,23,24). The molecular formula is C18H11BrClFN2O2. The van der Waals surface area contributed by atoms with E-state index in [1.165, 1.54) is 12.1 Å². The number of rotatable bonds is 4. The molecule has 0 bridgehead atoms. The van der Waals surface area contributed by atoms with Gasteiger partial charge in [-0.1, -0.05) is 27.5 Å². The van der Waals surface area contributed by atoms with Crippen LogP contribution in [0.15, 0.2) is 65.4 Å². The van der Waals surface area contributed by atoms with E-state index in [0.717, 1.165) is 6.07 Å². The smallest absolute Gasteiger partial charge is 0.258 e. The third-order valence-electron chi connectivity index (χ3n) is 3.17. The third-order valence-corrected chi connectivity index (χ3v) is 3.87. The van der Waals surface area contributed by atoms with E-state index < -0.39 is 11.7 Å². The third kappa shape index (κ3) is 4.55. The van der Waals surface area contributed by atoms with E-state index in [4.69, 9.17) is 16.3 Å². The van der Waals surface area contributed by atoms with Gasteiger partial charge in [-0.25, -0.2) is 4.39 Å². The fourth-order valence-electron chi connectivity index (χ4n) is 2.11. The Labute approximate surface area is 156 Å². The Bertz CT molecular complexity index is 922. The van der Waals surface area contributed by atoms with Crippen LogP contribution in [0.25, 0.3) is 0 Å². The highest BCUT2D eigenvalue weighted by Crippen LogP contribution is 2.29. The summed E-state index contributed by atoms with van der Waals surface area (Å²) < 4.78 is 20.2. The number of hydrogen-bond donors (Lipinski definition) is 1. The molecule has 0 saturated carbocycles. The first-order chi connectivity index (χ1) is 12.0. The number of benzene rings is 2. The molecule has 25 heavy (non-hydrogen) atoms. The van der Waals surface area contributed by atoms with Crippen molar-refractivity contribution in [1.29, 1.82) is 0 Å². The van der Waals surface area contributed by atoms with Crippen LogP contribution in [-0.2, 0) is 0 Å². The van der Waals surface area contributed by atoms with Gasteiger partial charge in [0.1, 0.15) is 17.3 Å². The first kappa shape index (κ1) is 17.4. The molecule has 0 atom stereocenters.